The van der Waals surface area contributed by atoms with Gasteiger partial charge in [0.05, 0.1) is 0 Å². The van der Waals surface area contributed by atoms with Crippen LogP contribution in [0.4, 0.5) is 0 Å². The average molecular weight is 222 g/mol. The van der Waals surface area contributed by atoms with Crippen LogP contribution in [-0.4, -0.2) is 92.5 Å². The molecule has 0 bridgehead atoms. The fourth-order valence-corrected chi connectivity index (χ4v) is 0. The second-order valence-electron chi connectivity index (χ2n) is 0. The SMILES string of the molecule is O.O.O.O.O.O.O.O.O.O.[Ca+2].[H-].[H-]. The molecule has 0 aromatic carbocycles. The second kappa shape index (κ2) is 1430. The van der Waals surface area contributed by atoms with Crippen molar-refractivity contribution in [2.45, 2.75) is 0 Å². The predicted octanol–water partition coefficient (Wildman–Crippen LogP) is -8.40. The van der Waals surface area contributed by atoms with Crippen LogP contribution in [0, 0.1) is 0 Å². The van der Waals surface area contributed by atoms with Gasteiger partial charge in [0, 0.05) is 0 Å². The first kappa shape index (κ1) is 1890. The molecule has 0 saturated heterocycles. The minimum atomic E-state index is 0. The zero-order valence-corrected chi connectivity index (χ0v) is 7.92. The van der Waals surface area contributed by atoms with Crippen molar-refractivity contribution in [3.63, 3.8) is 0 Å². The summed E-state index contributed by atoms with van der Waals surface area (Å²) < 4.78 is 0. The van der Waals surface area contributed by atoms with Crippen LogP contribution in [0.1, 0.15) is 2.85 Å². The molecule has 0 spiro atoms. The average Bonchev–Trinajstić information content (AvgIpc) is 0. The summed E-state index contributed by atoms with van der Waals surface area (Å²) in [5.74, 6) is 0. The van der Waals surface area contributed by atoms with Crippen LogP contribution in [0.5, 0.6) is 0 Å². The molecule has 11 heteroatoms. The molecule has 0 aromatic heterocycles. The molecular formula is H22CaO10. The number of rotatable bonds is 0. The molecule has 0 aliphatic rings. The third-order valence-electron chi connectivity index (χ3n) is 0. The third-order valence-corrected chi connectivity index (χ3v) is 0. The zero-order valence-electron chi connectivity index (χ0n) is 7.71. The minimum Gasteiger partial charge on any atom is -1.00 e. The van der Waals surface area contributed by atoms with Gasteiger partial charge in [0.1, 0.15) is 0 Å². The standard InChI is InChI=1S/Ca.10H2O.2H/h;10*1H2;;/q+2;;;;;;;;;;;2*-1. The first-order valence-corrected chi connectivity index (χ1v) is 0. The molecule has 0 heterocycles. The number of hydrogen-bond donors (Lipinski definition) is 0. The van der Waals surface area contributed by atoms with Crippen LogP contribution in [-0.2, 0) is 0 Å². The summed E-state index contributed by atoms with van der Waals surface area (Å²) >= 11 is 0. The van der Waals surface area contributed by atoms with Crippen LogP contribution in [0.3, 0.4) is 0 Å². The molecule has 20 N–H and O–H groups in total. The number of hydrogen-bond acceptors (Lipinski definition) is 0. The molecule has 0 rings (SSSR count). The summed E-state index contributed by atoms with van der Waals surface area (Å²) in [5.41, 5.74) is 0. The monoisotopic (exact) mass is 222 g/mol. The normalized spacial score (nSPS) is 0. The van der Waals surface area contributed by atoms with Crippen molar-refractivity contribution in [3.8, 4) is 0 Å². The first-order chi connectivity index (χ1) is 0. The van der Waals surface area contributed by atoms with E-state index in [1.165, 1.54) is 0 Å². The van der Waals surface area contributed by atoms with Gasteiger partial charge in [-0.1, -0.05) is 0 Å². The van der Waals surface area contributed by atoms with Crippen LogP contribution >= 0.6 is 0 Å². The molecule has 0 atom stereocenters. The van der Waals surface area contributed by atoms with Crippen LogP contribution < -0.4 is 0 Å². The van der Waals surface area contributed by atoms with Crippen molar-refractivity contribution in [2.24, 2.45) is 0 Å². The fourth-order valence-electron chi connectivity index (χ4n) is 0. The first-order valence-electron chi connectivity index (χ1n) is 0. The summed E-state index contributed by atoms with van der Waals surface area (Å²) in [7, 11) is 0. The van der Waals surface area contributed by atoms with E-state index < -0.39 is 0 Å². The minimum absolute atomic E-state index is 0. The van der Waals surface area contributed by atoms with E-state index in [0.29, 0.717) is 0 Å². The summed E-state index contributed by atoms with van der Waals surface area (Å²) in [5, 5.41) is 0. The van der Waals surface area contributed by atoms with Gasteiger partial charge < -0.3 is 57.6 Å². The molecule has 0 aromatic rings. The molecule has 0 aliphatic carbocycles. The van der Waals surface area contributed by atoms with Crippen molar-refractivity contribution in [2.75, 3.05) is 0 Å². The van der Waals surface area contributed by atoms with E-state index in [9.17, 15) is 0 Å². The fraction of sp³-hybridized carbons (Fsp3) is 0. The van der Waals surface area contributed by atoms with Crippen molar-refractivity contribution >= 4 is 37.7 Å². The Morgan fingerprint density at radius 2 is 0.273 bits per heavy atom. The van der Waals surface area contributed by atoms with E-state index in [1.54, 1.807) is 0 Å². The van der Waals surface area contributed by atoms with E-state index in [4.69, 9.17) is 0 Å². The Bertz CT molecular complexity index is 12.9. The quantitative estimate of drug-likeness (QED) is 0.344. The summed E-state index contributed by atoms with van der Waals surface area (Å²) in [6.07, 6.45) is 0. The van der Waals surface area contributed by atoms with Gasteiger partial charge in [-0.15, -0.1) is 0 Å². The summed E-state index contributed by atoms with van der Waals surface area (Å²) in [6, 6.07) is 0. The molecule has 0 amide bonds. The summed E-state index contributed by atoms with van der Waals surface area (Å²) in [6.45, 7) is 0. The molecule has 11 heavy (non-hydrogen) atoms. The van der Waals surface area contributed by atoms with Gasteiger partial charge in [0.25, 0.3) is 0 Å². The van der Waals surface area contributed by atoms with Gasteiger partial charge in [0.15, 0.2) is 0 Å². The Morgan fingerprint density at radius 3 is 0.273 bits per heavy atom. The molecule has 0 aliphatic heterocycles. The topological polar surface area (TPSA) is 315 Å². The predicted molar refractivity (Wildman–Crippen MR) is 44.1 cm³/mol. The molecular weight excluding hydrogens is 200 g/mol. The smallest absolute Gasteiger partial charge is 1.00 e. The molecule has 0 saturated carbocycles. The zero-order chi connectivity index (χ0) is 0. The Hall–Kier alpha value is 0.860. The second-order valence-corrected chi connectivity index (χ2v) is 0. The van der Waals surface area contributed by atoms with Crippen molar-refractivity contribution in [3.05, 3.63) is 0 Å². The Kier molecular flexibility index (Phi) is 246000. The molecule has 84 valence electrons. The maximum atomic E-state index is 0. The van der Waals surface area contributed by atoms with Gasteiger partial charge in [-0.3, -0.25) is 0 Å². The maximum absolute atomic E-state index is 0. The van der Waals surface area contributed by atoms with Gasteiger partial charge in [-0.2, -0.15) is 0 Å². The van der Waals surface area contributed by atoms with Crippen LogP contribution in [0.2, 0.25) is 0 Å². The van der Waals surface area contributed by atoms with Crippen molar-refractivity contribution < 1.29 is 57.6 Å². The summed E-state index contributed by atoms with van der Waals surface area (Å²) in [4.78, 5) is 0. The maximum Gasteiger partial charge on any atom is 2.00 e. The van der Waals surface area contributed by atoms with Crippen LogP contribution in [0.15, 0.2) is 0 Å². The van der Waals surface area contributed by atoms with E-state index in [2.05, 4.69) is 0 Å². The Labute approximate surface area is 95.3 Å². The largest absolute Gasteiger partial charge is 2.00 e. The van der Waals surface area contributed by atoms with Gasteiger partial charge in [0.2, 0.25) is 0 Å². The van der Waals surface area contributed by atoms with E-state index >= 15 is 0 Å². The van der Waals surface area contributed by atoms with E-state index in [-0.39, 0.29) is 95.4 Å². The van der Waals surface area contributed by atoms with E-state index in [1.807, 2.05) is 0 Å². The van der Waals surface area contributed by atoms with Crippen molar-refractivity contribution in [1.82, 2.24) is 0 Å². The third kappa shape index (κ3) is 1150. The Morgan fingerprint density at radius 1 is 0.273 bits per heavy atom. The molecule has 10 nitrogen and oxygen atoms in total. The van der Waals surface area contributed by atoms with E-state index in [0.717, 1.165) is 0 Å². The van der Waals surface area contributed by atoms with Crippen molar-refractivity contribution in [1.29, 1.82) is 0 Å². The van der Waals surface area contributed by atoms with Gasteiger partial charge >= 0.3 is 37.7 Å². The van der Waals surface area contributed by atoms with Gasteiger partial charge in [-0.05, 0) is 0 Å². The van der Waals surface area contributed by atoms with Gasteiger partial charge in [-0.25, -0.2) is 0 Å². The molecule has 0 unspecified atom stereocenters. The molecule has 0 radical (unpaired) electrons. The Balaban J connectivity index is 0. The molecule has 0 fully saturated rings. The van der Waals surface area contributed by atoms with Crippen LogP contribution in [0.25, 0.3) is 0 Å².